The Labute approximate surface area is 527 Å². The fourth-order valence-corrected chi connectivity index (χ4v) is 17.6. The summed E-state index contributed by atoms with van der Waals surface area (Å²) in [6.45, 7) is 0. The molecule has 90 heavy (non-hydrogen) atoms. The number of para-hydroxylation sites is 8. The number of benzene rings is 12. The number of hydrogen-bond acceptors (Lipinski definition) is 8. The number of hydrogen-bond donors (Lipinski definition) is 0. The number of nitrogens with zero attached hydrogens (tertiary/aromatic N) is 4. The smallest absolute Gasteiger partial charge is 0.205 e. The van der Waals surface area contributed by atoms with Crippen molar-refractivity contribution < 1.29 is 8.83 Å². The molecule has 4 aromatic heterocycles. The van der Waals surface area contributed by atoms with Gasteiger partial charge in [0.2, 0.25) is 11.8 Å². The predicted octanol–water partition coefficient (Wildman–Crippen LogP) is 23.2. The molecule has 0 fully saturated rings. The van der Waals surface area contributed by atoms with Crippen molar-refractivity contribution >= 4 is 132 Å². The first-order valence-electron chi connectivity index (χ1n) is 30.6. The summed E-state index contributed by atoms with van der Waals surface area (Å²) in [7, 11) is 0. The second-order valence-corrected chi connectivity index (χ2v) is 25.6. The van der Waals surface area contributed by atoms with Gasteiger partial charge in [-0.05, 0) is 131 Å². The molecule has 0 unspecified atom stereocenters. The Hall–Kier alpha value is -11.2. The van der Waals surface area contributed by atoms with Gasteiger partial charge in [0.15, 0.2) is 0 Å². The van der Waals surface area contributed by atoms with Gasteiger partial charge in [0.25, 0.3) is 0 Å². The zero-order valence-corrected chi connectivity index (χ0v) is 50.1. The maximum atomic E-state index is 8.38. The Balaban J connectivity index is 0.977. The van der Waals surface area contributed by atoms with Gasteiger partial charge in [0, 0.05) is 86.4 Å². The first kappa shape index (κ1) is 50.9. The Morgan fingerprint density at radius 2 is 0.567 bits per heavy atom. The number of rotatable bonds is 8. The minimum atomic E-state index is -1.15. The van der Waals surface area contributed by atoms with E-state index < -0.39 is 10.8 Å². The van der Waals surface area contributed by atoms with Crippen molar-refractivity contribution in [1.82, 2.24) is 0 Å². The van der Waals surface area contributed by atoms with E-state index in [0.29, 0.717) is 11.8 Å². The summed E-state index contributed by atoms with van der Waals surface area (Å²) in [5.74, 6) is 2.98. The highest BCUT2D eigenvalue weighted by Crippen LogP contribution is 2.70. The minimum absolute atomic E-state index is 0.680. The lowest BCUT2D eigenvalue weighted by atomic mass is 9.53. The van der Waals surface area contributed by atoms with Crippen LogP contribution in [0, 0.1) is 0 Å². The number of furan rings is 2. The lowest BCUT2D eigenvalue weighted by Gasteiger charge is -2.51. The van der Waals surface area contributed by atoms with Crippen molar-refractivity contribution in [2.24, 2.45) is 0 Å². The minimum Gasteiger partial charge on any atom is -0.443 e. The molecule has 1 aliphatic carbocycles. The summed E-state index contributed by atoms with van der Waals surface area (Å²) in [6.07, 6.45) is 0. The average Bonchev–Trinajstić information content (AvgIpc) is 1.20. The molecule has 0 saturated heterocycles. The Morgan fingerprint density at radius 3 is 0.944 bits per heavy atom. The van der Waals surface area contributed by atoms with E-state index in [9.17, 15) is 0 Å². The van der Waals surface area contributed by atoms with Crippen molar-refractivity contribution in [2.75, 3.05) is 19.6 Å². The molecule has 0 saturated carbocycles. The van der Waals surface area contributed by atoms with Gasteiger partial charge in [-0.3, -0.25) is 9.80 Å². The molecule has 6 nitrogen and oxygen atoms in total. The quantitative estimate of drug-likeness (QED) is 0.151. The fraction of sp³-hybridized carbons (Fsp3) is 0.0244. The van der Waals surface area contributed by atoms with Gasteiger partial charge in [0.05, 0.1) is 34.1 Å². The van der Waals surface area contributed by atoms with Crippen LogP contribution in [0.4, 0.5) is 68.6 Å². The van der Waals surface area contributed by atoms with Crippen LogP contribution in [0.25, 0.3) is 40.3 Å². The normalized spacial score (nSPS) is 13.9. The molecule has 3 aliphatic rings. The zero-order chi connectivity index (χ0) is 59.1. The van der Waals surface area contributed by atoms with E-state index in [1.54, 1.807) is 0 Å². The van der Waals surface area contributed by atoms with Crippen LogP contribution in [-0.4, -0.2) is 0 Å². The summed E-state index contributed by atoms with van der Waals surface area (Å²) >= 11 is 3.65. The highest BCUT2D eigenvalue weighted by atomic mass is 32.1. The van der Waals surface area contributed by atoms with Crippen molar-refractivity contribution in [3.63, 3.8) is 0 Å². The van der Waals surface area contributed by atoms with Crippen molar-refractivity contribution in [1.29, 1.82) is 0 Å². The van der Waals surface area contributed by atoms with Crippen LogP contribution < -0.4 is 19.6 Å². The molecule has 0 N–H and O–H groups in total. The van der Waals surface area contributed by atoms with E-state index >= 15 is 0 Å². The molecule has 0 bridgehead atoms. The first-order chi connectivity index (χ1) is 44.6. The zero-order valence-electron chi connectivity index (χ0n) is 48.4. The molecular formula is C82H52N4O2S2. The molecule has 19 rings (SSSR count). The third-order valence-electron chi connectivity index (χ3n) is 18.9. The second kappa shape index (κ2) is 19.7. The molecule has 8 heteroatoms. The molecular weight excluding hydrogens is 1140 g/mol. The van der Waals surface area contributed by atoms with E-state index in [4.69, 9.17) is 8.83 Å². The summed E-state index contributed by atoms with van der Waals surface area (Å²) < 4.78 is 21.7. The summed E-state index contributed by atoms with van der Waals surface area (Å²) in [5.41, 5.74) is 14.1. The van der Waals surface area contributed by atoms with E-state index in [1.165, 1.54) is 40.3 Å². The van der Waals surface area contributed by atoms with Crippen molar-refractivity contribution in [3.05, 3.63) is 360 Å². The molecule has 6 heterocycles. The molecule has 12 aromatic carbocycles. The van der Waals surface area contributed by atoms with E-state index in [0.717, 1.165) is 102 Å². The Kier molecular flexibility index (Phi) is 11.1. The van der Waals surface area contributed by atoms with Gasteiger partial charge in [-0.1, -0.05) is 194 Å². The van der Waals surface area contributed by atoms with Crippen LogP contribution in [0.15, 0.2) is 324 Å². The molecule has 16 aromatic rings. The highest BCUT2D eigenvalue weighted by molar-refractivity contribution is 7.26. The molecule has 0 radical (unpaired) electrons. The van der Waals surface area contributed by atoms with Crippen LogP contribution in [0.2, 0.25) is 0 Å². The summed E-state index contributed by atoms with van der Waals surface area (Å²) in [4.78, 5) is 9.51. The monoisotopic (exact) mass is 1190 g/mol. The second-order valence-electron chi connectivity index (χ2n) is 23.5. The van der Waals surface area contributed by atoms with Crippen molar-refractivity contribution in [3.8, 4) is 0 Å². The third kappa shape index (κ3) is 7.14. The van der Waals surface area contributed by atoms with E-state index in [1.807, 2.05) is 22.7 Å². The molecule has 2 aliphatic heterocycles. The van der Waals surface area contributed by atoms with Crippen LogP contribution in [0.5, 0.6) is 0 Å². The maximum absolute atomic E-state index is 8.38. The van der Waals surface area contributed by atoms with Crippen LogP contribution in [-0.2, 0) is 10.8 Å². The first-order valence-corrected chi connectivity index (χ1v) is 32.2. The summed E-state index contributed by atoms with van der Waals surface area (Å²) in [5, 5.41) is 4.97. The highest BCUT2D eigenvalue weighted by Gasteiger charge is 2.64. The fourth-order valence-electron chi connectivity index (χ4n) is 15.3. The maximum Gasteiger partial charge on any atom is 0.205 e. The van der Waals surface area contributed by atoms with Crippen LogP contribution in [0.1, 0.15) is 44.9 Å². The number of fused-ring (bicyclic) bond motifs is 20. The Bertz CT molecular complexity index is 5010. The van der Waals surface area contributed by atoms with E-state index in [2.05, 4.69) is 335 Å². The van der Waals surface area contributed by atoms with Crippen molar-refractivity contribution in [2.45, 2.75) is 10.8 Å². The van der Waals surface area contributed by atoms with Gasteiger partial charge >= 0.3 is 0 Å². The Morgan fingerprint density at radius 1 is 0.256 bits per heavy atom. The average molecular weight is 1190 g/mol. The van der Waals surface area contributed by atoms with Gasteiger partial charge < -0.3 is 18.6 Å². The van der Waals surface area contributed by atoms with Crippen LogP contribution in [0.3, 0.4) is 0 Å². The molecule has 0 amide bonds. The van der Waals surface area contributed by atoms with Crippen LogP contribution >= 0.6 is 22.7 Å². The van der Waals surface area contributed by atoms with Gasteiger partial charge in [-0.25, -0.2) is 0 Å². The molecule has 0 atom stereocenters. The molecule has 2 spiro atoms. The third-order valence-corrected chi connectivity index (χ3v) is 21.1. The lowest BCUT2D eigenvalue weighted by Crippen LogP contribution is -2.48. The van der Waals surface area contributed by atoms with Gasteiger partial charge in [-0.2, -0.15) is 0 Å². The largest absolute Gasteiger partial charge is 0.443 e. The lowest BCUT2D eigenvalue weighted by molar-refractivity contribution is 0.398. The number of anilines is 12. The van der Waals surface area contributed by atoms with Gasteiger partial charge in [-0.15, -0.1) is 22.7 Å². The summed E-state index contributed by atoms with van der Waals surface area (Å²) in [6, 6.07) is 115. The van der Waals surface area contributed by atoms with E-state index in [-0.39, 0.29) is 0 Å². The number of thiophene rings is 2. The SMILES string of the molecule is c1ccc(N(c2ccc3c(c2)sc2ccccc23)c2cc3c(o2)C2(c4ccccc4N(c4ccccc4)c4ccccc42)c2cc(N(c4ccccc4)c4ccc5c(c4)sc4ccccc45)oc2C32c3ccccc3N(c3ccccc3)c3ccccc32)cc1. The topological polar surface area (TPSA) is 39.2 Å². The standard InChI is InChI=1S/C82H52N4O2S2/c1-5-25-53(26-6-1)83(57-45-47-61-59-33-13-23-43-73(59)89-75(61)49-57)77-51-67-79(87-77)82(65-37-17-21-41-71(65)86(56-31-11-4-12-32-56)72-42-22-18-38-66(72)82)68-52-78(84(54-27-7-2-8-28-54)58-46-48-62-60-34-14-24-44-74(60)90-76(62)50-58)88-80(68)81(67)63-35-15-19-39-69(63)85(55-29-9-3-10-30-55)70-40-20-16-36-64(70)81/h1-52H. The predicted molar refractivity (Wildman–Crippen MR) is 373 cm³/mol. The molecule has 424 valence electrons. The van der Waals surface area contributed by atoms with Gasteiger partial charge in [0.1, 0.15) is 22.4 Å².